The number of nitrogens with zero attached hydrogens (tertiary/aromatic N) is 7. The lowest BCUT2D eigenvalue weighted by molar-refractivity contribution is -0.142. The highest BCUT2D eigenvalue weighted by atomic mass is 32.2. The molecule has 3 atom stereocenters. The Morgan fingerprint density at radius 1 is 1.08 bits per heavy atom. The Balaban J connectivity index is 1.18. The Kier molecular flexibility index (Phi) is 9.18. The lowest BCUT2D eigenvalue weighted by atomic mass is 9.94. The minimum atomic E-state index is -5.07. The summed E-state index contributed by atoms with van der Waals surface area (Å²) in [4.78, 5) is 30.6. The second-order valence-corrected chi connectivity index (χ2v) is 17.4. The Labute approximate surface area is 338 Å². The van der Waals surface area contributed by atoms with Crippen molar-refractivity contribution in [2.75, 3.05) is 16.3 Å². The molecule has 1 fully saturated rings. The van der Waals surface area contributed by atoms with Gasteiger partial charge in [-0.25, -0.2) is 32.2 Å². The predicted molar refractivity (Wildman–Crippen MR) is 204 cm³/mol. The average Bonchev–Trinajstić information content (AvgIpc) is 3.53. The molecule has 4 N–H and O–H groups in total. The predicted octanol–water partition coefficient (Wildman–Crippen LogP) is 6.75. The van der Waals surface area contributed by atoms with E-state index in [-0.39, 0.29) is 42.1 Å². The standard InChI is InChI=1S/C37H30F7N11O3S2/c1-54-30-19(4-3-5-20(30)33(52-54)53-60(2,57)58)21-13-25-34(50-35(59-25)47-14-26-45-6-7-46-26)49-29(21)24(10-16-8-17(38)11-18(39)9-16)48-27(56)15-55-32-28(31(51-55)37(42,43)44)22-12-23(22)36(32,40)41/h3-9,11,13,22-24H,10,12,14-15H2,1-2H3,(H,45,46)(H,48,56)(H,52,53)(H,47,49,50)/t22-,23?,24-/m0/s1. The van der Waals surface area contributed by atoms with Crippen LogP contribution in [0.2, 0.25) is 0 Å². The highest BCUT2D eigenvalue weighted by Crippen LogP contribution is 2.68. The summed E-state index contributed by atoms with van der Waals surface area (Å²) < 4.78 is 132. The van der Waals surface area contributed by atoms with Gasteiger partial charge in [-0.2, -0.15) is 32.1 Å². The van der Waals surface area contributed by atoms with E-state index < -0.39 is 81.0 Å². The van der Waals surface area contributed by atoms with Gasteiger partial charge >= 0.3 is 6.18 Å². The average molecular weight is 874 g/mol. The number of hydrogen-bond donors (Lipinski definition) is 4. The number of imidazole rings is 1. The van der Waals surface area contributed by atoms with Gasteiger partial charge in [-0.15, -0.1) is 0 Å². The van der Waals surface area contributed by atoms with Crippen molar-refractivity contribution in [3.05, 3.63) is 101 Å². The second kappa shape index (κ2) is 14.0. The number of aromatic nitrogens is 8. The molecule has 0 bridgehead atoms. The summed E-state index contributed by atoms with van der Waals surface area (Å²) in [5.41, 5.74) is -1.69. The number of aromatic amines is 1. The van der Waals surface area contributed by atoms with E-state index in [1.54, 1.807) is 43.7 Å². The molecular weight excluding hydrogens is 844 g/mol. The fourth-order valence-corrected chi connectivity index (χ4v) is 9.29. The number of nitrogens with one attached hydrogen (secondary N) is 4. The monoisotopic (exact) mass is 873 g/mol. The van der Waals surface area contributed by atoms with Gasteiger partial charge in [-0.1, -0.05) is 23.5 Å². The maximum absolute atomic E-state index is 15.5. The minimum absolute atomic E-state index is 0.00847. The quantitative estimate of drug-likeness (QED) is 0.0968. The number of pyridine rings is 1. The van der Waals surface area contributed by atoms with Gasteiger partial charge < -0.3 is 15.6 Å². The maximum Gasteiger partial charge on any atom is 0.435 e. The van der Waals surface area contributed by atoms with Gasteiger partial charge in [0, 0.05) is 53.5 Å². The third kappa shape index (κ3) is 7.17. The Morgan fingerprint density at radius 2 is 1.85 bits per heavy atom. The first-order valence-electron chi connectivity index (χ1n) is 18.1. The number of hydrogen-bond acceptors (Lipinski definition) is 10. The van der Waals surface area contributed by atoms with E-state index >= 15 is 8.78 Å². The summed E-state index contributed by atoms with van der Waals surface area (Å²) in [5, 5.41) is 14.5. The number of benzene rings is 2. The van der Waals surface area contributed by atoms with Gasteiger partial charge in [0.05, 0.1) is 34.8 Å². The fourth-order valence-electron chi connectivity index (χ4n) is 7.94. The van der Waals surface area contributed by atoms with E-state index in [0.717, 1.165) is 18.4 Å². The number of carbonyl (C=O) groups excluding carboxylic acids is 1. The van der Waals surface area contributed by atoms with E-state index in [1.165, 1.54) is 16.0 Å². The molecule has 60 heavy (non-hydrogen) atoms. The number of H-pyrrole nitrogens is 1. The summed E-state index contributed by atoms with van der Waals surface area (Å²) in [6.07, 6.45) is -1.38. The summed E-state index contributed by atoms with van der Waals surface area (Å²) >= 11 is 1.21. The Hall–Kier alpha value is -6.10. The molecule has 312 valence electrons. The highest BCUT2D eigenvalue weighted by molar-refractivity contribution is 7.92. The van der Waals surface area contributed by atoms with Crippen LogP contribution in [-0.2, 0) is 53.5 Å². The van der Waals surface area contributed by atoms with Crippen LogP contribution in [0.4, 0.5) is 41.7 Å². The van der Waals surface area contributed by atoms with Gasteiger partial charge in [-0.05, 0) is 48.6 Å². The molecule has 0 saturated heterocycles. The number of thiazole rings is 1. The first-order chi connectivity index (χ1) is 28.3. The van der Waals surface area contributed by atoms with E-state index in [4.69, 9.17) is 4.98 Å². The van der Waals surface area contributed by atoms with Crippen molar-refractivity contribution in [1.82, 2.24) is 44.8 Å². The van der Waals surface area contributed by atoms with Crippen LogP contribution in [0.5, 0.6) is 0 Å². The smallest absolute Gasteiger partial charge is 0.354 e. The lowest BCUT2D eigenvalue weighted by Crippen LogP contribution is -2.35. The Morgan fingerprint density at radius 3 is 2.55 bits per heavy atom. The zero-order valence-electron chi connectivity index (χ0n) is 31.1. The van der Waals surface area contributed by atoms with Gasteiger partial charge in [0.1, 0.15) is 29.7 Å². The number of halogens is 7. The number of amides is 1. The molecule has 23 heteroatoms. The zero-order valence-corrected chi connectivity index (χ0v) is 32.7. The molecule has 7 aromatic rings. The number of carbonyl (C=O) groups is 1. The Bertz CT molecular complexity index is 2940. The number of sulfonamides is 1. The molecule has 9 rings (SSSR count). The molecule has 2 aliphatic rings. The number of anilines is 2. The summed E-state index contributed by atoms with van der Waals surface area (Å²) in [5.74, 6) is -8.38. The van der Waals surface area contributed by atoms with Gasteiger partial charge in [0.2, 0.25) is 15.9 Å². The number of alkyl halides is 5. The molecule has 1 unspecified atom stereocenters. The summed E-state index contributed by atoms with van der Waals surface area (Å²) in [6.45, 7) is -0.803. The van der Waals surface area contributed by atoms with E-state index in [0.29, 0.717) is 48.4 Å². The van der Waals surface area contributed by atoms with Crippen molar-refractivity contribution < 1.29 is 43.9 Å². The normalized spacial score (nSPS) is 17.5. The first-order valence-corrected chi connectivity index (χ1v) is 20.8. The second-order valence-electron chi connectivity index (χ2n) is 14.6. The molecule has 1 saturated carbocycles. The van der Waals surface area contributed by atoms with Crippen LogP contribution in [0.3, 0.4) is 0 Å². The van der Waals surface area contributed by atoms with Crippen LogP contribution in [0, 0.1) is 17.6 Å². The molecule has 0 spiro atoms. The maximum atomic E-state index is 15.5. The van der Waals surface area contributed by atoms with Crippen molar-refractivity contribution in [2.45, 2.75) is 50.0 Å². The molecule has 5 aromatic heterocycles. The number of rotatable bonds is 12. The van der Waals surface area contributed by atoms with Crippen molar-refractivity contribution in [3.8, 4) is 11.1 Å². The molecule has 2 aliphatic carbocycles. The molecule has 14 nitrogen and oxygen atoms in total. The summed E-state index contributed by atoms with van der Waals surface area (Å²) in [6, 6.07) is 7.98. The SMILES string of the molecule is Cn1nc(NS(C)(=O)=O)c2cccc(-c3cc4sc(NCc5ncc[nH]5)nc4nc3[C@H](Cc3cc(F)cc(F)c3)NC(=O)Cn3nc(C(F)(F)F)c4c3C(F)(F)C3C[C@H]43)c21. The largest absolute Gasteiger partial charge is 0.435 e. The molecule has 1 amide bonds. The zero-order chi connectivity index (χ0) is 42.5. The van der Waals surface area contributed by atoms with Crippen LogP contribution < -0.4 is 15.4 Å². The van der Waals surface area contributed by atoms with E-state index in [1.807, 2.05) is 0 Å². The van der Waals surface area contributed by atoms with Crippen molar-refractivity contribution >= 4 is 59.5 Å². The number of fused-ring (bicyclic) bond motifs is 5. The van der Waals surface area contributed by atoms with Gasteiger partial charge in [0.25, 0.3) is 5.92 Å². The molecule has 5 heterocycles. The van der Waals surface area contributed by atoms with Crippen molar-refractivity contribution in [2.24, 2.45) is 13.0 Å². The third-order valence-electron chi connectivity index (χ3n) is 10.3. The molecular formula is C37H30F7N11O3S2. The van der Waals surface area contributed by atoms with E-state index in [9.17, 15) is 35.2 Å². The minimum Gasteiger partial charge on any atom is -0.354 e. The first kappa shape index (κ1) is 39.4. The van der Waals surface area contributed by atoms with Crippen LogP contribution in [0.25, 0.3) is 32.4 Å². The molecule has 2 aromatic carbocycles. The lowest BCUT2D eigenvalue weighted by Gasteiger charge is -2.23. The van der Waals surface area contributed by atoms with Crippen molar-refractivity contribution in [1.29, 1.82) is 0 Å². The number of para-hydroxylation sites is 1. The highest BCUT2D eigenvalue weighted by Gasteiger charge is 2.68. The van der Waals surface area contributed by atoms with Gasteiger partial charge in [0.15, 0.2) is 22.3 Å². The van der Waals surface area contributed by atoms with Crippen LogP contribution >= 0.6 is 11.3 Å². The van der Waals surface area contributed by atoms with Crippen LogP contribution in [-0.4, -0.2) is 60.1 Å². The summed E-state index contributed by atoms with van der Waals surface area (Å²) in [7, 11) is -2.22. The van der Waals surface area contributed by atoms with Crippen molar-refractivity contribution in [3.63, 3.8) is 0 Å². The number of aryl methyl sites for hydroxylation is 1. The van der Waals surface area contributed by atoms with Crippen LogP contribution in [0.15, 0.2) is 54.9 Å². The molecule has 0 aliphatic heterocycles. The van der Waals surface area contributed by atoms with E-state index in [2.05, 4.69) is 40.5 Å². The van der Waals surface area contributed by atoms with Gasteiger partial charge in [-0.3, -0.25) is 18.9 Å². The third-order valence-corrected chi connectivity index (χ3v) is 11.8. The molecule has 0 radical (unpaired) electrons. The fraction of sp³-hybridized carbons (Fsp3) is 0.297. The topological polar surface area (TPSA) is 177 Å². The van der Waals surface area contributed by atoms with Crippen LogP contribution in [0.1, 0.15) is 52.4 Å².